The quantitative estimate of drug-likeness (QED) is 0.326. The van der Waals surface area contributed by atoms with E-state index >= 15 is 0 Å². The van der Waals surface area contributed by atoms with E-state index in [1.54, 1.807) is 43.5 Å². The second-order valence-electron chi connectivity index (χ2n) is 8.33. The van der Waals surface area contributed by atoms with Crippen LogP contribution in [0.15, 0.2) is 52.3 Å². The van der Waals surface area contributed by atoms with Crippen molar-refractivity contribution in [3.63, 3.8) is 0 Å². The van der Waals surface area contributed by atoms with Gasteiger partial charge in [0.2, 0.25) is 0 Å². The number of aromatic nitrogens is 2. The lowest BCUT2D eigenvalue weighted by molar-refractivity contribution is -0.122. The number of nitrogens with zero attached hydrogens (tertiary/aromatic N) is 3. The van der Waals surface area contributed by atoms with Gasteiger partial charge in [-0.3, -0.25) is 18.9 Å². The number of thioether (sulfide) groups is 1. The second kappa shape index (κ2) is 11.1. The van der Waals surface area contributed by atoms with Crippen molar-refractivity contribution in [2.24, 2.45) is 0 Å². The van der Waals surface area contributed by atoms with Crippen molar-refractivity contribution in [2.45, 2.75) is 32.7 Å². The molecule has 0 aliphatic carbocycles. The molecule has 1 aliphatic rings. The molecular weight excluding hydrogens is 496 g/mol. The first-order valence-electron chi connectivity index (χ1n) is 11.6. The molecule has 1 fully saturated rings. The second-order valence-corrected chi connectivity index (χ2v) is 10.0. The number of benzene rings is 1. The minimum absolute atomic E-state index is 0.103. The Morgan fingerprint density at radius 1 is 1.17 bits per heavy atom. The first-order chi connectivity index (χ1) is 17.4. The van der Waals surface area contributed by atoms with Crippen molar-refractivity contribution in [2.75, 3.05) is 26.1 Å². The Morgan fingerprint density at radius 2 is 1.94 bits per heavy atom. The molecule has 36 heavy (non-hydrogen) atoms. The van der Waals surface area contributed by atoms with Crippen LogP contribution in [0.4, 0.5) is 5.82 Å². The Hall–Kier alpha value is -3.37. The number of anilines is 1. The van der Waals surface area contributed by atoms with Gasteiger partial charge < -0.3 is 14.8 Å². The zero-order valence-electron chi connectivity index (χ0n) is 20.6. The molecule has 1 amide bonds. The molecule has 3 aromatic rings. The average Bonchev–Trinajstić information content (AvgIpc) is 3.16. The van der Waals surface area contributed by atoms with Crippen LogP contribution in [0.2, 0.25) is 0 Å². The predicted octanol–water partition coefficient (Wildman–Crippen LogP) is 4.37. The highest BCUT2D eigenvalue weighted by Crippen LogP contribution is 2.34. The van der Waals surface area contributed by atoms with E-state index in [1.165, 1.54) is 16.2 Å². The first kappa shape index (κ1) is 25.7. The van der Waals surface area contributed by atoms with E-state index in [1.807, 2.05) is 31.2 Å². The van der Waals surface area contributed by atoms with E-state index < -0.39 is 0 Å². The highest BCUT2D eigenvalue weighted by Gasteiger charge is 2.32. The lowest BCUT2D eigenvalue weighted by atomic mass is 10.1. The highest BCUT2D eigenvalue weighted by molar-refractivity contribution is 8.26. The molecule has 1 saturated heterocycles. The van der Waals surface area contributed by atoms with Crippen LogP contribution >= 0.6 is 24.0 Å². The Bertz CT molecular complexity index is 1400. The van der Waals surface area contributed by atoms with Crippen molar-refractivity contribution in [3.8, 4) is 11.5 Å². The summed E-state index contributed by atoms with van der Waals surface area (Å²) in [5.41, 5.74) is 1.61. The summed E-state index contributed by atoms with van der Waals surface area (Å²) in [5.74, 6) is 1.51. The summed E-state index contributed by atoms with van der Waals surface area (Å²) in [6, 6.07) is 11.1. The number of hydrogen-bond acceptors (Lipinski definition) is 8. The number of pyridine rings is 1. The Balaban J connectivity index is 1.62. The van der Waals surface area contributed by atoms with Gasteiger partial charge in [0.05, 0.1) is 24.7 Å². The summed E-state index contributed by atoms with van der Waals surface area (Å²) in [6.07, 6.45) is 4.72. The fourth-order valence-electron chi connectivity index (χ4n) is 3.78. The van der Waals surface area contributed by atoms with Gasteiger partial charge in [-0.15, -0.1) is 0 Å². The van der Waals surface area contributed by atoms with Crippen LogP contribution in [-0.4, -0.2) is 51.3 Å². The van der Waals surface area contributed by atoms with Gasteiger partial charge in [-0.2, -0.15) is 0 Å². The van der Waals surface area contributed by atoms with Crippen molar-refractivity contribution < 1.29 is 14.3 Å². The summed E-state index contributed by atoms with van der Waals surface area (Å²) < 4.78 is 12.6. The Kier molecular flexibility index (Phi) is 7.95. The molecule has 2 aromatic heterocycles. The summed E-state index contributed by atoms with van der Waals surface area (Å²) in [4.78, 5) is 33.3. The number of hydrogen-bond donors (Lipinski definition) is 1. The van der Waals surface area contributed by atoms with Crippen LogP contribution in [0.5, 0.6) is 11.5 Å². The van der Waals surface area contributed by atoms with Gasteiger partial charge >= 0.3 is 0 Å². The number of thiocarbonyl (C=S) groups is 1. The third-order valence-corrected chi connectivity index (χ3v) is 7.36. The van der Waals surface area contributed by atoms with Crippen molar-refractivity contribution in [3.05, 3.63) is 69.0 Å². The van der Waals surface area contributed by atoms with Gasteiger partial charge in [0, 0.05) is 18.8 Å². The zero-order valence-corrected chi connectivity index (χ0v) is 22.2. The SMILES string of the molecule is CC[C@H](C)Nc1nc2ccccn2c(=O)c1/C=C1\SC(=S)N(CCc2ccc(OC)c(OC)c2)C1=O. The minimum atomic E-state index is -0.248. The molecule has 0 bridgehead atoms. The van der Waals surface area contributed by atoms with Crippen molar-refractivity contribution >= 4 is 51.7 Å². The average molecular weight is 525 g/mol. The number of nitrogens with one attached hydrogen (secondary N) is 1. The standard InChI is InChI=1S/C26H28N4O4S2/c1-5-16(2)27-23-18(24(31)29-12-7-6-8-22(29)28-23)15-21-25(32)30(26(35)36-21)13-11-17-9-10-19(33-3)20(14-17)34-4/h6-10,12,14-16,27H,5,11,13H2,1-4H3/b21-15-/t16-/m0/s1. The number of carbonyl (C=O) groups is 1. The maximum atomic E-state index is 13.3. The third kappa shape index (κ3) is 5.24. The van der Waals surface area contributed by atoms with Crippen LogP contribution in [0.25, 0.3) is 11.7 Å². The first-order valence-corrected chi connectivity index (χ1v) is 12.8. The zero-order chi connectivity index (χ0) is 25.8. The molecule has 0 saturated carbocycles. The van der Waals surface area contributed by atoms with Gasteiger partial charge in [-0.05, 0) is 55.7 Å². The predicted molar refractivity (Wildman–Crippen MR) is 148 cm³/mol. The molecule has 8 nitrogen and oxygen atoms in total. The smallest absolute Gasteiger partial charge is 0.267 e. The molecule has 10 heteroatoms. The van der Waals surface area contributed by atoms with Crippen molar-refractivity contribution in [1.29, 1.82) is 0 Å². The Labute approximate surface area is 219 Å². The molecule has 188 valence electrons. The molecule has 3 heterocycles. The van der Waals surface area contributed by atoms with Gasteiger partial charge in [-0.1, -0.05) is 43.0 Å². The Morgan fingerprint density at radius 3 is 2.67 bits per heavy atom. The maximum absolute atomic E-state index is 13.3. The molecule has 1 atom stereocenters. The number of carbonyl (C=O) groups excluding carboxylic acids is 1. The molecule has 0 spiro atoms. The van der Waals surface area contributed by atoms with Crippen LogP contribution < -0.4 is 20.3 Å². The normalized spacial score (nSPS) is 15.6. The monoisotopic (exact) mass is 524 g/mol. The van der Waals surface area contributed by atoms with Crippen molar-refractivity contribution in [1.82, 2.24) is 14.3 Å². The van der Waals surface area contributed by atoms with E-state index in [4.69, 9.17) is 21.7 Å². The van der Waals surface area contributed by atoms with E-state index in [-0.39, 0.29) is 17.5 Å². The fourth-order valence-corrected chi connectivity index (χ4v) is 5.07. The van der Waals surface area contributed by atoms with Crippen LogP contribution in [0.1, 0.15) is 31.4 Å². The third-order valence-electron chi connectivity index (χ3n) is 5.99. The van der Waals surface area contributed by atoms with Gasteiger partial charge in [0.1, 0.15) is 15.8 Å². The maximum Gasteiger partial charge on any atom is 0.267 e. The van der Waals surface area contributed by atoms with E-state index in [0.29, 0.717) is 50.7 Å². The fraction of sp³-hybridized carbons (Fsp3) is 0.308. The molecule has 1 aromatic carbocycles. The molecule has 4 rings (SSSR count). The summed E-state index contributed by atoms with van der Waals surface area (Å²) >= 11 is 6.71. The molecule has 0 unspecified atom stereocenters. The van der Waals surface area contributed by atoms with E-state index in [2.05, 4.69) is 17.2 Å². The highest BCUT2D eigenvalue weighted by atomic mass is 32.2. The number of rotatable bonds is 9. The van der Waals surface area contributed by atoms with E-state index in [9.17, 15) is 9.59 Å². The number of methoxy groups -OCH3 is 2. The molecule has 1 N–H and O–H groups in total. The number of ether oxygens (including phenoxy) is 2. The van der Waals surface area contributed by atoms with Crippen LogP contribution in [0, 0.1) is 0 Å². The number of amides is 1. The van der Waals surface area contributed by atoms with Crippen LogP contribution in [-0.2, 0) is 11.2 Å². The minimum Gasteiger partial charge on any atom is -0.493 e. The summed E-state index contributed by atoms with van der Waals surface area (Å²) in [6.45, 7) is 4.48. The topological polar surface area (TPSA) is 85.2 Å². The molecule has 0 radical (unpaired) electrons. The molecular formula is C26H28N4O4S2. The van der Waals surface area contributed by atoms with Gasteiger partial charge in [0.15, 0.2) is 11.5 Å². The van der Waals surface area contributed by atoms with Gasteiger partial charge in [-0.25, -0.2) is 4.98 Å². The van der Waals surface area contributed by atoms with Gasteiger partial charge in [0.25, 0.3) is 11.5 Å². The summed E-state index contributed by atoms with van der Waals surface area (Å²) in [5, 5.41) is 3.31. The van der Waals surface area contributed by atoms with E-state index in [0.717, 1.165) is 12.0 Å². The summed E-state index contributed by atoms with van der Waals surface area (Å²) in [7, 11) is 3.17. The van der Waals surface area contributed by atoms with Crippen LogP contribution in [0.3, 0.4) is 0 Å². The largest absolute Gasteiger partial charge is 0.493 e. The lowest BCUT2D eigenvalue weighted by Gasteiger charge is -2.16. The number of fused-ring (bicyclic) bond motifs is 1. The lowest BCUT2D eigenvalue weighted by Crippen LogP contribution is -2.30. The molecule has 1 aliphatic heterocycles.